The van der Waals surface area contributed by atoms with Crippen LogP contribution in [0.3, 0.4) is 0 Å². The highest BCUT2D eigenvalue weighted by Gasteiger charge is 2.24. The molecule has 0 saturated carbocycles. The van der Waals surface area contributed by atoms with E-state index in [4.69, 9.17) is 28.4 Å². The Kier molecular flexibility index (Phi) is 13.3. The Morgan fingerprint density at radius 1 is 0.444 bits per heavy atom. The van der Waals surface area contributed by atoms with E-state index in [-0.39, 0.29) is 13.2 Å². The van der Waals surface area contributed by atoms with Gasteiger partial charge in [-0.15, -0.1) is 0 Å². The Balaban J connectivity index is 1.69. The summed E-state index contributed by atoms with van der Waals surface area (Å²) in [6.07, 6.45) is 3.70. The lowest BCUT2D eigenvalue weighted by Crippen LogP contribution is -2.27. The van der Waals surface area contributed by atoms with Crippen LogP contribution in [0.4, 0.5) is 0 Å². The molecule has 8 nitrogen and oxygen atoms in total. The maximum Gasteiger partial charge on any atom is 0.344 e. The predicted molar refractivity (Wildman–Crippen MR) is 211 cm³/mol. The minimum Gasteiger partial charge on any atom is -0.493 e. The van der Waals surface area contributed by atoms with Crippen molar-refractivity contribution in [2.75, 3.05) is 26.4 Å². The van der Waals surface area contributed by atoms with Crippen molar-refractivity contribution in [1.82, 2.24) is 0 Å². The van der Waals surface area contributed by atoms with Gasteiger partial charge >= 0.3 is 11.9 Å². The topological polar surface area (TPSA) is 89.5 Å². The van der Waals surface area contributed by atoms with Gasteiger partial charge in [-0.3, -0.25) is 0 Å². The first kappa shape index (κ1) is 40.2. The lowest BCUT2D eigenvalue weighted by atomic mass is 9.91. The van der Waals surface area contributed by atoms with Crippen molar-refractivity contribution in [1.29, 1.82) is 0 Å². The molecule has 0 unspecified atom stereocenters. The summed E-state index contributed by atoms with van der Waals surface area (Å²) >= 11 is 0. The smallest absolute Gasteiger partial charge is 0.344 e. The number of fused-ring (bicyclic) bond motifs is 8. The van der Waals surface area contributed by atoms with E-state index in [1.807, 2.05) is 90.1 Å². The van der Waals surface area contributed by atoms with E-state index in [0.29, 0.717) is 50.4 Å². The Morgan fingerprint density at radius 3 is 0.907 bits per heavy atom. The second kappa shape index (κ2) is 17.9. The Morgan fingerprint density at radius 2 is 0.685 bits per heavy atom. The highest BCUT2D eigenvalue weighted by atomic mass is 16.6. The number of para-hydroxylation sites is 4. The van der Waals surface area contributed by atoms with Crippen molar-refractivity contribution in [3.63, 3.8) is 0 Å². The molecule has 0 atom stereocenters. The molecule has 5 rings (SSSR count). The van der Waals surface area contributed by atoms with E-state index >= 15 is 0 Å². The lowest BCUT2D eigenvalue weighted by molar-refractivity contribution is -0.158. The zero-order valence-electron chi connectivity index (χ0n) is 33.3. The zero-order valence-corrected chi connectivity index (χ0v) is 33.3. The van der Waals surface area contributed by atoms with Gasteiger partial charge in [-0.05, 0) is 98.9 Å². The molecule has 0 spiro atoms. The van der Waals surface area contributed by atoms with Gasteiger partial charge in [-0.2, -0.15) is 0 Å². The van der Waals surface area contributed by atoms with Crippen LogP contribution < -0.4 is 18.9 Å². The van der Waals surface area contributed by atoms with Crippen LogP contribution in [0.5, 0.6) is 23.0 Å². The number of hydrogen-bond donors (Lipinski definition) is 0. The van der Waals surface area contributed by atoms with E-state index in [1.54, 1.807) is 0 Å². The molecule has 0 radical (unpaired) electrons. The molecule has 54 heavy (non-hydrogen) atoms. The van der Waals surface area contributed by atoms with Crippen molar-refractivity contribution >= 4 is 11.9 Å². The Bertz CT molecular complexity index is 1690. The summed E-state index contributed by atoms with van der Waals surface area (Å²) in [6, 6.07) is 24.7. The third kappa shape index (κ3) is 11.0. The first-order valence-corrected chi connectivity index (χ1v) is 19.1. The lowest BCUT2D eigenvalue weighted by Gasteiger charge is -2.23. The SMILES string of the molecule is CCCOc1c2cccc1Cc1cccc(c1OCC(=O)OC(C)(C)C)Cc1cccc(c1OCCC)Cc1cccc(c1OCC(=O)OC(C)(C)C)C2. The van der Waals surface area contributed by atoms with Crippen LogP contribution in [-0.2, 0) is 44.7 Å². The Labute approximate surface area is 321 Å². The molecule has 0 N–H and O–H groups in total. The van der Waals surface area contributed by atoms with Gasteiger partial charge in [0.1, 0.15) is 34.2 Å². The van der Waals surface area contributed by atoms with Crippen LogP contribution >= 0.6 is 0 Å². The minimum absolute atomic E-state index is 0.222. The van der Waals surface area contributed by atoms with Crippen molar-refractivity contribution < 1.29 is 38.0 Å². The fourth-order valence-corrected chi connectivity index (χ4v) is 6.64. The summed E-state index contributed by atoms with van der Waals surface area (Å²) in [5, 5.41) is 0. The quantitative estimate of drug-likeness (QED) is 0.117. The average molecular weight is 737 g/mol. The molecule has 0 amide bonds. The van der Waals surface area contributed by atoms with E-state index in [9.17, 15) is 9.59 Å². The third-order valence-electron chi connectivity index (χ3n) is 8.65. The average Bonchev–Trinajstić information content (AvgIpc) is 3.08. The molecule has 4 aromatic rings. The fourth-order valence-electron chi connectivity index (χ4n) is 6.64. The number of hydrogen-bond acceptors (Lipinski definition) is 8. The number of esters is 2. The van der Waals surface area contributed by atoms with Crippen LogP contribution in [0, 0.1) is 0 Å². The van der Waals surface area contributed by atoms with Crippen molar-refractivity contribution in [2.45, 2.75) is 105 Å². The van der Waals surface area contributed by atoms with Crippen molar-refractivity contribution in [3.05, 3.63) is 117 Å². The molecule has 4 aromatic carbocycles. The number of rotatable bonds is 12. The van der Waals surface area contributed by atoms with Gasteiger partial charge in [0.2, 0.25) is 0 Å². The molecule has 288 valence electrons. The van der Waals surface area contributed by atoms with Gasteiger partial charge in [0, 0.05) is 25.7 Å². The van der Waals surface area contributed by atoms with Crippen LogP contribution in [0.15, 0.2) is 72.8 Å². The van der Waals surface area contributed by atoms with Gasteiger partial charge in [0.05, 0.1) is 13.2 Å². The molecule has 8 heteroatoms. The first-order chi connectivity index (χ1) is 25.7. The van der Waals surface area contributed by atoms with Gasteiger partial charge < -0.3 is 28.4 Å². The Hall–Kier alpha value is -4.98. The summed E-state index contributed by atoms with van der Waals surface area (Å²) in [7, 11) is 0. The molecule has 0 aromatic heterocycles. The minimum atomic E-state index is -0.634. The third-order valence-corrected chi connectivity index (χ3v) is 8.65. The van der Waals surface area contributed by atoms with Crippen molar-refractivity contribution in [2.24, 2.45) is 0 Å². The number of benzene rings is 4. The summed E-state index contributed by atoms with van der Waals surface area (Å²) in [5.41, 5.74) is 6.42. The summed E-state index contributed by atoms with van der Waals surface area (Å²) in [6.45, 7) is 15.9. The fraction of sp³-hybridized carbons (Fsp3) is 0.435. The molecule has 1 aliphatic rings. The second-order valence-electron chi connectivity index (χ2n) is 15.8. The molecular formula is C46H56O8. The van der Waals surface area contributed by atoms with Gasteiger partial charge in [-0.25, -0.2) is 9.59 Å². The van der Waals surface area contributed by atoms with Crippen LogP contribution in [-0.4, -0.2) is 49.6 Å². The summed E-state index contributed by atoms with van der Waals surface area (Å²) in [4.78, 5) is 25.9. The van der Waals surface area contributed by atoms with Gasteiger partial charge in [-0.1, -0.05) is 86.6 Å². The largest absolute Gasteiger partial charge is 0.493 e. The number of carbonyl (C=O) groups excluding carboxylic acids is 2. The molecule has 8 bridgehead atoms. The van der Waals surface area contributed by atoms with Gasteiger partial charge in [0.25, 0.3) is 0 Å². The standard InChI is InChI=1S/C46H56O8/c1-9-23-49-41-31-15-11-16-32(41)26-36-20-14-22-38(44(36)52-30-40(48)54-46(6,7)8)28-34-18-12-17-33(42(34)50-24-10-2)27-37-21-13-19-35(25-31)43(37)51-29-39(47)53-45(3,4)5/h11-22H,9-10,23-30H2,1-8H3. The number of carbonyl (C=O) groups is 2. The molecule has 0 saturated heterocycles. The zero-order chi connectivity index (χ0) is 38.9. The maximum atomic E-state index is 13.0. The van der Waals surface area contributed by atoms with E-state index in [2.05, 4.69) is 38.1 Å². The van der Waals surface area contributed by atoms with Crippen LogP contribution in [0.25, 0.3) is 0 Å². The van der Waals surface area contributed by atoms with Crippen molar-refractivity contribution in [3.8, 4) is 23.0 Å². The van der Waals surface area contributed by atoms with E-state index < -0.39 is 23.1 Å². The molecule has 0 aliphatic heterocycles. The van der Waals surface area contributed by atoms with Crippen LogP contribution in [0.1, 0.15) is 113 Å². The molecule has 0 heterocycles. The highest BCUT2D eigenvalue weighted by molar-refractivity contribution is 5.72. The number of ether oxygens (including phenoxy) is 6. The van der Waals surface area contributed by atoms with E-state index in [0.717, 1.165) is 68.8 Å². The maximum absolute atomic E-state index is 13.0. The summed E-state index contributed by atoms with van der Waals surface area (Å²) < 4.78 is 37.2. The first-order valence-electron chi connectivity index (χ1n) is 19.1. The molecule has 1 aliphatic carbocycles. The highest BCUT2D eigenvalue weighted by Crippen LogP contribution is 2.39. The monoisotopic (exact) mass is 736 g/mol. The summed E-state index contributed by atoms with van der Waals surface area (Å²) in [5.74, 6) is 2.05. The van der Waals surface area contributed by atoms with Crippen LogP contribution in [0.2, 0.25) is 0 Å². The van der Waals surface area contributed by atoms with E-state index in [1.165, 1.54) is 0 Å². The normalized spacial score (nSPS) is 12.7. The molecular weight excluding hydrogens is 680 g/mol. The molecule has 0 fully saturated rings. The van der Waals surface area contributed by atoms with Gasteiger partial charge in [0.15, 0.2) is 13.2 Å². The predicted octanol–water partition coefficient (Wildman–Crippen LogP) is 9.38. The second-order valence-corrected chi connectivity index (χ2v) is 15.8.